The first-order chi connectivity index (χ1) is 14.8. The lowest BCUT2D eigenvalue weighted by molar-refractivity contribution is 0.0595. The molecule has 0 aliphatic carbocycles. The Hall–Kier alpha value is -2.32. The standard InChI is InChI=1S/C22H24ClN3O4S/c23-19-11-17(26-8-1-2-9-31(26,29)30)6-7-18(19)22(28)24-12-15-10-16(14-24)20-4-3-5-21(27)25(20)13-15/h3-7,11,15-16H,1-2,8-10,12-14H2/t15-,16+/m1/s1. The van der Waals surface area contributed by atoms with Crippen LogP contribution in [0.5, 0.6) is 0 Å². The lowest BCUT2D eigenvalue weighted by Crippen LogP contribution is -2.49. The van der Waals surface area contributed by atoms with Gasteiger partial charge in [0.05, 0.1) is 22.0 Å². The molecule has 0 unspecified atom stereocenters. The molecule has 0 N–H and O–H groups in total. The summed E-state index contributed by atoms with van der Waals surface area (Å²) in [4.78, 5) is 27.3. The molecule has 2 bridgehead atoms. The average molecular weight is 462 g/mol. The molecule has 5 rings (SSSR count). The van der Waals surface area contributed by atoms with Crippen LogP contribution in [0.4, 0.5) is 5.69 Å². The molecule has 7 nitrogen and oxygen atoms in total. The topological polar surface area (TPSA) is 79.7 Å². The van der Waals surface area contributed by atoms with Gasteiger partial charge < -0.3 is 9.47 Å². The Labute approximate surface area is 186 Å². The summed E-state index contributed by atoms with van der Waals surface area (Å²) >= 11 is 6.46. The van der Waals surface area contributed by atoms with Crippen LogP contribution in [0.15, 0.2) is 41.2 Å². The van der Waals surface area contributed by atoms with Gasteiger partial charge in [-0.05, 0) is 49.4 Å². The number of hydrogen-bond acceptors (Lipinski definition) is 4. The third-order valence-corrected chi connectivity index (χ3v) is 8.77. The fourth-order valence-electron chi connectivity index (χ4n) is 5.14. The number of carbonyl (C=O) groups is 1. The number of likely N-dealkylation sites (tertiary alicyclic amines) is 1. The Morgan fingerprint density at radius 3 is 2.68 bits per heavy atom. The molecule has 0 saturated carbocycles. The van der Waals surface area contributed by atoms with Gasteiger partial charge in [0.15, 0.2) is 0 Å². The minimum Gasteiger partial charge on any atom is -0.338 e. The number of aromatic nitrogens is 1. The molecule has 3 aliphatic rings. The number of amides is 1. The quantitative estimate of drug-likeness (QED) is 0.688. The van der Waals surface area contributed by atoms with Gasteiger partial charge in [0.1, 0.15) is 0 Å². The first-order valence-corrected chi connectivity index (χ1v) is 12.6. The van der Waals surface area contributed by atoms with Crippen molar-refractivity contribution in [2.75, 3.05) is 29.7 Å². The second-order valence-corrected chi connectivity index (χ2v) is 11.1. The van der Waals surface area contributed by atoms with Crippen LogP contribution in [0.2, 0.25) is 5.02 Å². The van der Waals surface area contributed by atoms with Gasteiger partial charge in [0, 0.05) is 43.9 Å². The number of benzene rings is 1. The molecule has 3 aliphatic heterocycles. The van der Waals surface area contributed by atoms with Crippen LogP contribution in [0.3, 0.4) is 0 Å². The van der Waals surface area contributed by atoms with Crippen LogP contribution < -0.4 is 9.86 Å². The van der Waals surface area contributed by atoms with Crippen molar-refractivity contribution >= 4 is 33.2 Å². The third kappa shape index (κ3) is 3.65. The molecule has 2 saturated heterocycles. The summed E-state index contributed by atoms with van der Waals surface area (Å²) < 4.78 is 28.0. The average Bonchev–Trinajstić information content (AvgIpc) is 2.73. The highest BCUT2D eigenvalue weighted by Gasteiger charge is 2.37. The fraction of sp³-hybridized carbons (Fsp3) is 0.455. The van der Waals surface area contributed by atoms with Crippen molar-refractivity contribution in [1.82, 2.24) is 9.47 Å². The van der Waals surface area contributed by atoms with E-state index in [-0.39, 0.29) is 34.1 Å². The highest BCUT2D eigenvalue weighted by molar-refractivity contribution is 7.92. The maximum atomic E-state index is 13.3. The largest absolute Gasteiger partial charge is 0.338 e. The monoisotopic (exact) mass is 461 g/mol. The van der Waals surface area contributed by atoms with Crippen LogP contribution in [-0.4, -0.2) is 49.2 Å². The summed E-state index contributed by atoms with van der Waals surface area (Å²) in [6.45, 7) is 2.17. The van der Waals surface area contributed by atoms with Gasteiger partial charge in [-0.2, -0.15) is 0 Å². The number of sulfonamides is 1. The van der Waals surface area contributed by atoms with Gasteiger partial charge in [-0.25, -0.2) is 8.42 Å². The van der Waals surface area contributed by atoms with Crippen molar-refractivity contribution in [1.29, 1.82) is 0 Å². The predicted octanol–water partition coefficient (Wildman–Crippen LogP) is 2.69. The maximum Gasteiger partial charge on any atom is 0.255 e. The van der Waals surface area contributed by atoms with Crippen LogP contribution in [0, 0.1) is 5.92 Å². The molecule has 1 aromatic carbocycles. The minimum absolute atomic E-state index is 0.0123. The van der Waals surface area contributed by atoms with Crippen molar-refractivity contribution in [3.63, 3.8) is 0 Å². The Balaban J connectivity index is 1.39. The van der Waals surface area contributed by atoms with Crippen molar-refractivity contribution in [2.24, 2.45) is 5.92 Å². The third-order valence-electron chi connectivity index (χ3n) is 6.59. The van der Waals surface area contributed by atoms with E-state index in [9.17, 15) is 18.0 Å². The van der Waals surface area contributed by atoms with E-state index in [1.54, 1.807) is 30.3 Å². The maximum absolute atomic E-state index is 13.3. The van der Waals surface area contributed by atoms with Crippen LogP contribution in [-0.2, 0) is 16.6 Å². The first kappa shape index (κ1) is 20.6. The molecule has 9 heteroatoms. The normalized spacial score (nSPS) is 24.5. The van der Waals surface area contributed by atoms with Crippen LogP contribution in [0.25, 0.3) is 0 Å². The molecule has 2 fully saturated rings. The van der Waals surface area contributed by atoms with Crippen LogP contribution in [0.1, 0.15) is 41.2 Å². The number of anilines is 1. The van der Waals surface area contributed by atoms with E-state index in [0.717, 1.165) is 18.5 Å². The van der Waals surface area contributed by atoms with E-state index in [2.05, 4.69) is 0 Å². The lowest BCUT2D eigenvalue weighted by atomic mass is 9.83. The summed E-state index contributed by atoms with van der Waals surface area (Å²) in [6, 6.07) is 10.2. The number of piperidine rings is 1. The van der Waals surface area contributed by atoms with E-state index in [1.807, 2.05) is 15.5 Å². The van der Waals surface area contributed by atoms with E-state index >= 15 is 0 Å². The van der Waals surface area contributed by atoms with Gasteiger partial charge in [0.2, 0.25) is 10.0 Å². The molecular formula is C22H24ClN3O4S. The van der Waals surface area contributed by atoms with E-state index in [0.29, 0.717) is 43.9 Å². The molecule has 0 spiro atoms. The highest BCUT2D eigenvalue weighted by Crippen LogP contribution is 2.36. The second kappa shape index (κ2) is 7.67. The van der Waals surface area contributed by atoms with Gasteiger partial charge in [-0.15, -0.1) is 0 Å². The first-order valence-electron chi connectivity index (χ1n) is 10.6. The van der Waals surface area contributed by atoms with E-state index in [4.69, 9.17) is 11.6 Å². The molecule has 164 valence electrons. The van der Waals surface area contributed by atoms with E-state index in [1.165, 1.54) is 4.31 Å². The Morgan fingerprint density at radius 2 is 1.90 bits per heavy atom. The molecule has 2 atom stereocenters. The molecule has 0 radical (unpaired) electrons. The zero-order valence-corrected chi connectivity index (χ0v) is 18.6. The zero-order valence-electron chi connectivity index (χ0n) is 17.0. The van der Waals surface area contributed by atoms with Crippen LogP contribution >= 0.6 is 11.6 Å². The fourth-order valence-corrected chi connectivity index (χ4v) is 7.03. The number of rotatable bonds is 2. The van der Waals surface area contributed by atoms with Gasteiger partial charge in [0.25, 0.3) is 11.5 Å². The Kier molecular flexibility index (Phi) is 5.09. The highest BCUT2D eigenvalue weighted by atomic mass is 35.5. The summed E-state index contributed by atoms with van der Waals surface area (Å²) in [5.41, 5.74) is 1.88. The van der Waals surface area contributed by atoms with Crippen molar-refractivity contribution < 1.29 is 13.2 Å². The molecule has 1 amide bonds. The second-order valence-electron chi connectivity index (χ2n) is 8.67. The number of carbonyl (C=O) groups excluding carboxylic acids is 1. The summed E-state index contributed by atoms with van der Waals surface area (Å²) in [5, 5.41) is 0.260. The minimum atomic E-state index is -3.34. The van der Waals surface area contributed by atoms with Crippen molar-refractivity contribution in [3.8, 4) is 0 Å². The number of hydrogen-bond donors (Lipinski definition) is 0. The molecular weight excluding hydrogens is 438 g/mol. The smallest absolute Gasteiger partial charge is 0.255 e. The van der Waals surface area contributed by atoms with Crippen molar-refractivity contribution in [3.05, 3.63) is 63.0 Å². The van der Waals surface area contributed by atoms with E-state index < -0.39 is 10.0 Å². The summed E-state index contributed by atoms with van der Waals surface area (Å²) in [6.07, 6.45) is 2.43. The van der Waals surface area contributed by atoms with Gasteiger partial charge in [-0.1, -0.05) is 17.7 Å². The lowest BCUT2D eigenvalue weighted by Gasteiger charge is -2.42. The SMILES string of the molecule is O=C(c1ccc(N2CCCCS2(=O)=O)cc1Cl)N1C[C@H]2C[C@@H](C1)c1cccc(=O)n1C2. The molecule has 4 heterocycles. The van der Waals surface area contributed by atoms with Crippen molar-refractivity contribution in [2.45, 2.75) is 31.7 Å². The summed E-state index contributed by atoms with van der Waals surface area (Å²) in [5.74, 6) is 0.333. The van der Waals surface area contributed by atoms with Gasteiger partial charge in [-0.3, -0.25) is 13.9 Å². The number of pyridine rings is 1. The van der Waals surface area contributed by atoms with Gasteiger partial charge >= 0.3 is 0 Å². The predicted molar refractivity (Wildman–Crippen MR) is 119 cm³/mol. The Bertz CT molecular complexity index is 1210. The zero-order chi connectivity index (χ0) is 21.8. The number of nitrogens with zero attached hydrogens (tertiary/aromatic N) is 3. The molecule has 1 aromatic heterocycles. The molecule has 31 heavy (non-hydrogen) atoms. The molecule has 2 aromatic rings. The summed E-state index contributed by atoms with van der Waals surface area (Å²) in [7, 11) is -3.34. The Morgan fingerprint density at radius 1 is 1.06 bits per heavy atom. The number of fused-ring (bicyclic) bond motifs is 4. The number of halogens is 1.